The van der Waals surface area contributed by atoms with Crippen molar-refractivity contribution in [3.63, 3.8) is 0 Å². The molecule has 18 heavy (non-hydrogen) atoms. The van der Waals surface area contributed by atoms with Gasteiger partial charge in [0.05, 0.1) is 19.9 Å². The zero-order valence-electron chi connectivity index (χ0n) is 11.2. The predicted molar refractivity (Wildman–Crippen MR) is 73.2 cm³/mol. The highest BCUT2D eigenvalue weighted by atomic mass is 32.2. The van der Waals surface area contributed by atoms with Crippen LogP contribution in [0.1, 0.15) is 12.1 Å². The van der Waals surface area contributed by atoms with Crippen molar-refractivity contribution in [1.29, 1.82) is 0 Å². The number of ether oxygens (including phenoxy) is 1. The van der Waals surface area contributed by atoms with E-state index in [4.69, 9.17) is 4.74 Å². The standard InChI is InChI=1S/C12H21N3O2S/c1-14(2)5-6-15-11(10(17-3)8-13-15)12(16)4-7-18-9-12/h8,16H,4-7,9H2,1-3H3. The number of methoxy groups -OCH3 is 1. The SMILES string of the molecule is COc1cnn(CCN(C)C)c1C1(O)CCSC1. The number of hydrogen-bond donors (Lipinski definition) is 1. The lowest BCUT2D eigenvalue weighted by Gasteiger charge is -2.24. The minimum absolute atomic E-state index is 0.693. The minimum Gasteiger partial charge on any atom is -0.493 e. The van der Waals surface area contributed by atoms with Gasteiger partial charge in [0.25, 0.3) is 0 Å². The van der Waals surface area contributed by atoms with Crippen LogP contribution in [0.4, 0.5) is 0 Å². The zero-order chi connectivity index (χ0) is 13.2. The van der Waals surface area contributed by atoms with Crippen molar-refractivity contribution in [2.45, 2.75) is 18.6 Å². The number of hydrogen-bond acceptors (Lipinski definition) is 5. The Balaban J connectivity index is 2.27. The Labute approximate surface area is 112 Å². The van der Waals surface area contributed by atoms with Gasteiger partial charge in [-0.25, -0.2) is 0 Å². The molecule has 0 radical (unpaired) electrons. The maximum Gasteiger partial charge on any atom is 0.162 e. The van der Waals surface area contributed by atoms with Crippen molar-refractivity contribution < 1.29 is 9.84 Å². The van der Waals surface area contributed by atoms with Gasteiger partial charge in [0.2, 0.25) is 0 Å². The van der Waals surface area contributed by atoms with Crippen molar-refractivity contribution >= 4 is 11.8 Å². The molecule has 1 N–H and O–H groups in total. The van der Waals surface area contributed by atoms with Crippen LogP contribution in [0.15, 0.2) is 6.20 Å². The predicted octanol–water partition coefficient (Wildman–Crippen LogP) is 0.778. The van der Waals surface area contributed by atoms with Gasteiger partial charge in [-0.3, -0.25) is 4.68 Å². The van der Waals surface area contributed by atoms with Crippen LogP contribution >= 0.6 is 11.8 Å². The molecule has 0 aromatic carbocycles. The van der Waals surface area contributed by atoms with E-state index in [1.54, 1.807) is 25.1 Å². The average molecular weight is 271 g/mol. The van der Waals surface area contributed by atoms with Crippen molar-refractivity contribution in [2.24, 2.45) is 0 Å². The first-order valence-electron chi connectivity index (χ1n) is 6.12. The molecule has 2 rings (SSSR count). The van der Waals surface area contributed by atoms with E-state index in [2.05, 4.69) is 10.00 Å². The van der Waals surface area contributed by atoms with Crippen LogP contribution < -0.4 is 4.74 Å². The van der Waals surface area contributed by atoms with Crippen LogP contribution in [0.5, 0.6) is 5.75 Å². The van der Waals surface area contributed by atoms with Crippen LogP contribution in [0.3, 0.4) is 0 Å². The summed E-state index contributed by atoms with van der Waals surface area (Å²) in [5.41, 5.74) is 0.0376. The summed E-state index contributed by atoms with van der Waals surface area (Å²) in [5, 5.41) is 15.1. The highest BCUT2D eigenvalue weighted by molar-refractivity contribution is 7.99. The molecule has 1 aliphatic rings. The smallest absolute Gasteiger partial charge is 0.162 e. The van der Waals surface area contributed by atoms with Gasteiger partial charge < -0.3 is 14.7 Å². The van der Waals surface area contributed by atoms with Crippen molar-refractivity contribution in [2.75, 3.05) is 39.3 Å². The highest BCUT2D eigenvalue weighted by Crippen LogP contribution is 2.40. The molecule has 0 amide bonds. The van der Waals surface area contributed by atoms with E-state index < -0.39 is 5.60 Å². The van der Waals surface area contributed by atoms with Gasteiger partial charge in [-0.2, -0.15) is 16.9 Å². The summed E-state index contributed by atoms with van der Waals surface area (Å²) in [6.45, 7) is 1.65. The minimum atomic E-state index is -0.793. The second-order valence-corrected chi connectivity index (χ2v) is 6.03. The highest BCUT2D eigenvalue weighted by Gasteiger charge is 2.39. The molecule has 1 aliphatic heterocycles. The van der Waals surface area contributed by atoms with E-state index in [1.165, 1.54) is 0 Å². The number of nitrogens with zero attached hydrogens (tertiary/aromatic N) is 3. The lowest BCUT2D eigenvalue weighted by Crippen LogP contribution is -2.31. The molecule has 0 spiro atoms. The molecule has 1 fully saturated rings. The van der Waals surface area contributed by atoms with Crippen molar-refractivity contribution in [3.8, 4) is 5.75 Å². The Kier molecular flexibility index (Phi) is 4.19. The molecule has 1 atom stereocenters. The van der Waals surface area contributed by atoms with E-state index in [0.717, 1.165) is 36.7 Å². The third-order valence-electron chi connectivity index (χ3n) is 3.23. The van der Waals surface area contributed by atoms with Gasteiger partial charge in [0, 0.05) is 12.3 Å². The molecule has 1 aromatic heterocycles. The van der Waals surface area contributed by atoms with Crippen LogP contribution in [0, 0.1) is 0 Å². The largest absolute Gasteiger partial charge is 0.493 e. The molecule has 6 heteroatoms. The number of likely N-dealkylation sites (N-methyl/N-ethyl adjacent to an activating group) is 1. The van der Waals surface area contributed by atoms with E-state index in [0.29, 0.717) is 5.75 Å². The molecule has 1 saturated heterocycles. The second kappa shape index (κ2) is 5.50. The van der Waals surface area contributed by atoms with Gasteiger partial charge in [0.15, 0.2) is 5.75 Å². The summed E-state index contributed by atoms with van der Waals surface area (Å²) < 4.78 is 7.22. The molecule has 5 nitrogen and oxygen atoms in total. The molecule has 102 valence electrons. The number of thioether (sulfide) groups is 1. The topological polar surface area (TPSA) is 50.5 Å². The average Bonchev–Trinajstić information content (AvgIpc) is 2.92. The van der Waals surface area contributed by atoms with E-state index in [-0.39, 0.29) is 0 Å². The lowest BCUT2D eigenvalue weighted by atomic mass is 9.98. The Morgan fingerprint density at radius 3 is 2.94 bits per heavy atom. The first-order valence-corrected chi connectivity index (χ1v) is 7.27. The second-order valence-electron chi connectivity index (χ2n) is 4.92. The fourth-order valence-corrected chi connectivity index (χ4v) is 3.44. The number of rotatable bonds is 5. The Morgan fingerprint density at radius 2 is 2.39 bits per heavy atom. The van der Waals surface area contributed by atoms with Crippen LogP contribution in [-0.2, 0) is 12.1 Å². The maximum atomic E-state index is 10.7. The summed E-state index contributed by atoms with van der Waals surface area (Å²) in [7, 11) is 5.68. The van der Waals surface area contributed by atoms with Gasteiger partial charge in [-0.05, 0) is 26.3 Å². The van der Waals surface area contributed by atoms with Crippen molar-refractivity contribution in [1.82, 2.24) is 14.7 Å². The van der Waals surface area contributed by atoms with Crippen molar-refractivity contribution in [3.05, 3.63) is 11.9 Å². The molecule has 2 heterocycles. The Bertz CT molecular complexity index is 400. The zero-order valence-corrected chi connectivity index (χ0v) is 12.0. The Morgan fingerprint density at radius 1 is 1.61 bits per heavy atom. The van der Waals surface area contributed by atoms with Gasteiger partial charge in [0.1, 0.15) is 11.3 Å². The lowest BCUT2D eigenvalue weighted by molar-refractivity contribution is 0.0526. The molecule has 1 aromatic rings. The molecular formula is C12H21N3O2S. The van der Waals surface area contributed by atoms with E-state index in [1.807, 2.05) is 18.8 Å². The number of aliphatic hydroxyl groups is 1. The third-order valence-corrected chi connectivity index (χ3v) is 4.40. The molecular weight excluding hydrogens is 250 g/mol. The monoisotopic (exact) mass is 271 g/mol. The quantitative estimate of drug-likeness (QED) is 0.857. The molecule has 0 bridgehead atoms. The summed E-state index contributed by atoms with van der Waals surface area (Å²) in [5.74, 6) is 2.40. The first kappa shape index (κ1) is 13.7. The molecule has 0 aliphatic carbocycles. The maximum absolute atomic E-state index is 10.7. The fraction of sp³-hybridized carbons (Fsp3) is 0.750. The Hall–Kier alpha value is -0.720. The third kappa shape index (κ3) is 2.65. The van der Waals surface area contributed by atoms with E-state index in [9.17, 15) is 5.11 Å². The normalized spacial score (nSPS) is 23.8. The summed E-state index contributed by atoms with van der Waals surface area (Å²) in [6.07, 6.45) is 2.47. The van der Waals surface area contributed by atoms with Crippen LogP contribution in [0.25, 0.3) is 0 Å². The van der Waals surface area contributed by atoms with Crippen LogP contribution in [0.2, 0.25) is 0 Å². The summed E-state index contributed by atoms with van der Waals surface area (Å²) in [6, 6.07) is 0. The van der Waals surface area contributed by atoms with Gasteiger partial charge >= 0.3 is 0 Å². The van der Waals surface area contributed by atoms with Gasteiger partial charge in [-0.15, -0.1) is 0 Å². The van der Waals surface area contributed by atoms with Gasteiger partial charge in [-0.1, -0.05) is 0 Å². The molecule has 1 unspecified atom stereocenters. The fourth-order valence-electron chi connectivity index (χ4n) is 2.19. The summed E-state index contributed by atoms with van der Waals surface area (Å²) >= 11 is 1.77. The number of aromatic nitrogens is 2. The first-order chi connectivity index (χ1) is 8.57. The van der Waals surface area contributed by atoms with E-state index >= 15 is 0 Å². The molecule has 0 saturated carbocycles. The summed E-state index contributed by atoms with van der Waals surface area (Å²) in [4.78, 5) is 2.10. The van der Waals surface area contributed by atoms with Crippen LogP contribution in [-0.4, -0.2) is 59.0 Å².